The van der Waals surface area contributed by atoms with Crippen molar-refractivity contribution >= 4 is 20.2 Å². The summed E-state index contributed by atoms with van der Waals surface area (Å²) in [6, 6.07) is 3.91. The van der Waals surface area contributed by atoms with Crippen LogP contribution in [0.3, 0.4) is 0 Å². The lowest BCUT2D eigenvalue weighted by atomic mass is 9.76. The lowest BCUT2D eigenvalue weighted by Gasteiger charge is -2.33. The number of benzene rings is 1. The van der Waals surface area contributed by atoms with Crippen LogP contribution in [0, 0.1) is 32.6 Å². The zero-order valence-electron chi connectivity index (χ0n) is 16.5. The number of aryl methyl sites for hydroxylation is 3. The molecule has 4 nitrogen and oxygen atoms in total. The molecule has 2 atom stereocenters. The highest BCUT2D eigenvalue weighted by Gasteiger charge is 2.50. The van der Waals surface area contributed by atoms with Crippen molar-refractivity contribution < 1.29 is 18.9 Å². The molecule has 0 aliphatic heterocycles. The summed E-state index contributed by atoms with van der Waals surface area (Å²) in [5, 5.41) is -1.42. The Morgan fingerprint density at radius 2 is 1.52 bits per heavy atom. The van der Waals surface area contributed by atoms with Crippen molar-refractivity contribution in [2.24, 2.45) is 11.8 Å². The Kier molecular flexibility index (Phi) is 7.08. The third kappa shape index (κ3) is 4.55. The van der Waals surface area contributed by atoms with Crippen molar-refractivity contribution in [1.82, 2.24) is 0 Å². The van der Waals surface area contributed by atoms with E-state index in [4.69, 9.17) is 4.74 Å². The maximum absolute atomic E-state index is 13.4. The number of rotatable bonds is 7. The summed E-state index contributed by atoms with van der Waals surface area (Å²) in [4.78, 5) is 26.0. The quantitative estimate of drug-likeness (QED) is 0.385. The molecular formula is C20H29O4P. The highest BCUT2D eigenvalue weighted by Crippen LogP contribution is 2.40. The number of hydrogen-bond donors (Lipinski definition) is 0. The van der Waals surface area contributed by atoms with E-state index in [1.54, 1.807) is 20.8 Å². The Balaban J connectivity index is 3.47. The zero-order valence-corrected chi connectivity index (χ0v) is 17.4. The van der Waals surface area contributed by atoms with E-state index in [-0.39, 0.29) is 17.8 Å². The smallest absolute Gasteiger partial charge is 0.324 e. The third-order valence-electron chi connectivity index (χ3n) is 4.42. The SMILES string of the molecule is Cc1cc(C)c(C(=O)C(C(C)C)C(C)(P=O)C(=O)OC(C)C)c(C)c1. The summed E-state index contributed by atoms with van der Waals surface area (Å²) in [7, 11) is -0.405. The Bertz CT molecular complexity index is 655. The molecule has 0 aromatic heterocycles. The standard InChI is InChI=1S/C20H29O4P/c1-11(2)17(20(8,25-23)19(22)24-12(3)4)18(21)16-14(6)9-13(5)10-15(16)7/h9-12,17H,1-8H3. The largest absolute Gasteiger partial charge is 0.462 e. The monoisotopic (exact) mass is 364 g/mol. The van der Waals surface area contributed by atoms with Crippen molar-refractivity contribution in [2.45, 2.75) is 66.6 Å². The number of ketones is 1. The van der Waals surface area contributed by atoms with Gasteiger partial charge in [0.05, 0.1) is 12.0 Å². The van der Waals surface area contributed by atoms with Gasteiger partial charge in [-0.1, -0.05) is 31.5 Å². The first-order chi connectivity index (χ1) is 11.5. The molecule has 1 aromatic rings. The van der Waals surface area contributed by atoms with Crippen LogP contribution in [0.1, 0.15) is 61.7 Å². The van der Waals surface area contributed by atoms with E-state index < -0.39 is 25.5 Å². The molecule has 0 saturated heterocycles. The summed E-state index contributed by atoms with van der Waals surface area (Å²) in [5.41, 5.74) is 3.43. The van der Waals surface area contributed by atoms with Gasteiger partial charge in [-0.3, -0.25) is 14.2 Å². The Hall–Kier alpha value is -1.54. The minimum Gasteiger partial charge on any atom is -0.462 e. The van der Waals surface area contributed by atoms with Gasteiger partial charge >= 0.3 is 5.97 Å². The molecule has 0 amide bonds. The van der Waals surface area contributed by atoms with Crippen LogP contribution in [0.2, 0.25) is 0 Å². The molecule has 0 heterocycles. The maximum atomic E-state index is 13.4. The number of esters is 1. The van der Waals surface area contributed by atoms with Gasteiger partial charge in [0.15, 0.2) is 19.4 Å². The van der Waals surface area contributed by atoms with Crippen LogP contribution in [0.5, 0.6) is 0 Å². The van der Waals surface area contributed by atoms with E-state index in [2.05, 4.69) is 0 Å². The van der Waals surface area contributed by atoms with E-state index in [9.17, 15) is 14.2 Å². The minimum atomic E-state index is -1.42. The number of ether oxygens (including phenoxy) is 1. The van der Waals surface area contributed by atoms with Crippen molar-refractivity contribution in [3.05, 3.63) is 34.4 Å². The molecule has 0 aliphatic carbocycles. The summed E-state index contributed by atoms with van der Waals surface area (Å²) >= 11 is 0. The fourth-order valence-corrected chi connectivity index (χ4v) is 4.14. The van der Waals surface area contributed by atoms with E-state index >= 15 is 0 Å². The lowest BCUT2D eigenvalue weighted by molar-refractivity contribution is -0.151. The molecule has 25 heavy (non-hydrogen) atoms. The molecule has 0 N–H and O–H groups in total. The van der Waals surface area contributed by atoms with Gasteiger partial charge in [-0.2, -0.15) is 0 Å². The van der Waals surface area contributed by atoms with Crippen molar-refractivity contribution in [2.75, 3.05) is 0 Å². The second kappa shape index (κ2) is 8.23. The van der Waals surface area contributed by atoms with Crippen molar-refractivity contribution in [3.8, 4) is 0 Å². The number of Topliss-reactive ketones (excluding diaryl/α,β-unsaturated/α-hetero) is 1. The summed E-state index contributed by atoms with van der Waals surface area (Å²) in [6.45, 7) is 14.5. The molecule has 1 aromatic carbocycles. The van der Waals surface area contributed by atoms with E-state index in [0.29, 0.717) is 5.56 Å². The molecule has 0 bridgehead atoms. The van der Waals surface area contributed by atoms with Gasteiger partial charge in [0.2, 0.25) is 0 Å². The molecule has 0 fully saturated rings. The van der Waals surface area contributed by atoms with Crippen LogP contribution in [0.15, 0.2) is 12.1 Å². The number of carbonyl (C=O) groups excluding carboxylic acids is 2. The van der Waals surface area contributed by atoms with Gasteiger partial charge in [-0.15, -0.1) is 0 Å². The van der Waals surface area contributed by atoms with Crippen molar-refractivity contribution in [3.63, 3.8) is 0 Å². The zero-order chi connectivity index (χ0) is 19.5. The van der Waals surface area contributed by atoms with E-state index in [1.165, 1.54) is 0 Å². The van der Waals surface area contributed by atoms with Gasteiger partial charge < -0.3 is 4.74 Å². The van der Waals surface area contributed by atoms with Crippen LogP contribution in [-0.4, -0.2) is 23.0 Å². The van der Waals surface area contributed by atoms with Gasteiger partial charge in [-0.05, 0) is 58.6 Å². The third-order valence-corrected chi connectivity index (χ3v) is 5.26. The molecule has 0 aliphatic rings. The van der Waals surface area contributed by atoms with Gasteiger partial charge in [0, 0.05) is 5.56 Å². The van der Waals surface area contributed by atoms with Crippen LogP contribution in [-0.2, 0) is 14.1 Å². The molecule has 0 spiro atoms. The van der Waals surface area contributed by atoms with E-state index in [1.807, 2.05) is 46.8 Å². The Labute approximate surface area is 152 Å². The van der Waals surface area contributed by atoms with Crippen molar-refractivity contribution in [1.29, 1.82) is 0 Å². The van der Waals surface area contributed by atoms with Gasteiger partial charge in [-0.25, -0.2) is 0 Å². The highest BCUT2D eigenvalue weighted by molar-refractivity contribution is 7.27. The molecule has 2 unspecified atom stereocenters. The summed E-state index contributed by atoms with van der Waals surface area (Å²) < 4.78 is 17.3. The van der Waals surface area contributed by atoms with Crippen LogP contribution < -0.4 is 0 Å². The molecule has 1 rings (SSSR count). The Morgan fingerprint density at radius 3 is 1.88 bits per heavy atom. The lowest BCUT2D eigenvalue weighted by Crippen LogP contribution is -2.46. The van der Waals surface area contributed by atoms with Crippen LogP contribution >= 0.6 is 8.46 Å². The second-order valence-corrected chi connectivity index (χ2v) is 8.66. The topological polar surface area (TPSA) is 60.4 Å². The minimum absolute atomic E-state index is 0.156. The normalized spacial score (nSPS) is 15.3. The maximum Gasteiger partial charge on any atom is 0.324 e. The molecular weight excluding hydrogens is 335 g/mol. The summed E-state index contributed by atoms with van der Waals surface area (Å²) in [6.07, 6.45) is -0.334. The van der Waals surface area contributed by atoms with E-state index in [0.717, 1.165) is 16.7 Å². The predicted molar refractivity (Wildman–Crippen MR) is 101 cm³/mol. The molecule has 5 heteroatoms. The first kappa shape index (κ1) is 21.5. The predicted octanol–water partition coefficient (Wildman–Crippen LogP) is 5.07. The van der Waals surface area contributed by atoms with Crippen LogP contribution in [0.4, 0.5) is 0 Å². The first-order valence-corrected chi connectivity index (χ1v) is 9.44. The Morgan fingerprint density at radius 1 is 1.04 bits per heavy atom. The fraction of sp³-hybridized carbons (Fsp3) is 0.600. The number of hydrogen-bond acceptors (Lipinski definition) is 4. The first-order valence-electron chi connectivity index (χ1n) is 8.63. The fourth-order valence-electron chi connectivity index (χ4n) is 3.49. The highest BCUT2D eigenvalue weighted by atomic mass is 31.1. The van der Waals surface area contributed by atoms with Gasteiger partial charge in [0.1, 0.15) is 0 Å². The second-order valence-electron chi connectivity index (χ2n) is 7.55. The average molecular weight is 364 g/mol. The molecule has 138 valence electrons. The summed E-state index contributed by atoms with van der Waals surface area (Å²) in [5.74, 6) is -1.66. The molecule has 0 saturated carbocycles. The van der Waals surface area contributed by atoms with Crippen LogP contribution in [0.25, 0.3) is 0 Å². The average Bonchev–Trinajstić information content (AvgIpc) is 2.44. The van der Waals surface area contributed by atoms with Gasteiger partial charge in [0.25, 0.3) is 0 Å². The molecule has 0 radical (unpaired) electrons. The number of carbonyl (C=O) groups is 2.